The number of carboxylic acids is 1. The van der Waals surface area contributed by atoms with Gasteiger partial charge in [-0.15, -0.1) is 0 Å². The Balaban J connectivity index is 2.10. The highest BCUT2D eigenvalue weighted by Crippen LogP contribution is 2.27. The van der Waals surface area contributed by atoms with Crippen molar-refractivity contribution in [1.29, 1.82) is 0 Å². The minimum Gasteiger partial charge on any atom is -0.496 e. The van der Waals surface area contributed by atoms with Crippen molar-refractivity contribution >= 4 is 11.9 Å². The number of hydrogen-bond acceptors (Lipinski definition) is 3. The fourth-order valence-electron chi connectivity index (χ4n) is 2.51. The zero-order valence-corrected chi connectivity index (χ0v) is 10.8. The zero-order valence-electron chi connectivity index (χ0n) is 10.8. The van der Waals surface area contributed by atoms with Crippen LogP contribution in [0.1, 0.15) is 29.6 Å². The summed E-state index contributed by atoms with van der Waals surface area (Å²) in [6.45, 7) is 0. The summed E-state index contributed by atoms with van der Waals surface area (Å²) in [4.78, 5) is 23.2. The molecule has 0 unspecified atom stereocenters. The lowest BCUT2D eigenvalue weighted by Gasteiger charge is -2.18. The smallest absolute Gasteiger partial charge is 0.308 e. The highest BCUT2D eigenvalue weighted by Gasteiger charge is 2.34. The van der Waals surface area contributed by atoms with E-state index in [9.17, 15) is 9.59 Å². The van der Waals surface area contributed by atoms with Gasteiger partial charge in [0, 0.05) is 6.04 Å². The van der Waals surface area contributed by atoms with Crippen LogP contribution in [-0.4, -0.2) is 30.1 Å². The van der Waals surface area contributed by atoms with Crippen molar-refractivity contribution < 1.29 is 19.4 Å². The molecule has 102 valence electrons. The minimum atomic E-state index is -0.845. The third kappa shape index (κ3) is 2.86. The number of benzene rings is 1. The summed E-state index contributed by atoms with van der Waals surface area (Å²) in [5, 5.41) is 11.9. The minimum absolute atomic E-state index is 0.282. The van der Waals surface area contributed by atoms with E-state index in [2.05, 4.69) is 5.32 Å². The van der Waals surface area contributed by atoms with E-state index in [-0.39, 0.29) is 11.9 Å². The fourth-order valence-corrected chi connectivity index (χ4v) is 2.51. The SMILES string of the molecule is COc1ccccc1C(=O)N[C@@H]1CCC[C@@H]1C(=O)O. The first kappa shape index (κ1) is 13.4. The lowest BCUT2D eigenvalue weighted by Crippen LogP contribution is -2.40. The van der Waals surface area contributed by atoms with Crippen molar-refractivity contribution in [2.24, 2.45) is 5.92 Å². The van der Waals surface area contributed by atoms with Gasteiger partial charge in [0.25, 0.3) is 5.91 Å². The summed E-state index contributed by atoms with van der Waals surface area (Å²) in [5.41, 5.74) is 0.432. The molecular formula is C14H17NO4. The summed E-state index contributed by atoms with van der Waals surface area (Å²) >= 11 is 0. The molecule has 0 bridgehead atoms. The number of amides is 1. The van der Waals surface area contributed by atoms with E-state index in [0.717, 1.165) is 6.42 Å². The second-order valence-electron chi connectivity index (χ2n) is 4.66. The molecule has 2 atom stereocenters. The predicted octanol–water partition coefficient (Wildman–Crippen LogP) is 1.68. The van der Waals surface area contributed by atoms with Crippen LogP contribution in [0.4, 0.5) is 0 Å². The third-order valence-corrected chi connectivity index (χ3v) is 3.50. The quantitative estimate of drug-likeness (QED) is 0.866. The number of carbonyl (C=O) groups is 2. The molecule has 0 aliphatic heterocycles. The maximum Gasteiger partial charge on any atom is 0.308 e. The van der Waals surface area contributed by atoms with Crippen molar-refractivity contribution in [2.75, 3.05) is 7.11 Å². The molecule has 0 saturated heterocycles. The molecule has 0 heterocycles. The summed E-state index contributed by atoms with van der Waals surface area (Å²) in [6.07, 6.45) is 2.15. The van der Waals surface area contributed by atoms with Crippen LogP contribution in [0.2, 0.25) is 0 Å². The summed E-state index contributed by atoms with van der Waals surface area (Å²) in [7, 11) is 1.50. The van der Waals surface area contributed by atoms with E-state index in [1.807, 2.05) is 0 Å². The first-order valence-corrected chi connectivity index (χ1v) is 6.30. The number of hydrogen-bond donors (Lipinski definition) is 2. The van der Waals surface area contributed by atoms with Crippen LogP contribution in [0, 0.1) is 5.92 Å². The molecule has 1 aromatic carbocycles. The van der Waals surface area contributed by atoms with Gasteiger partial charge in [-0.3, -0.25) is 9.59 Å². The molecular weight excluding hydrogens is 246 g/mol. The monoisotopic (exact) mass is 263 g/mol. The fraction of sp³-hybridized carbons (Fsp3) is 0.429. The first-order chi connectivity index (χ1) is 9.13. The van der Waals surface area contributed by atoms with Gasteiger partial charge >= 0.3 is 5.97 Å². The molecule has 1 fully saturated rings. The second kappa shape index (κ2) is 5.73. The number of methoxy groups -OCH3 is 1. The molecule has 0 radical (unpaired) electrons. The van der Waals surface area contributed by atoms with E-state index in [1.54, 1.807) is 24.3 Å². The molecule has 2 rings (SSSR count). The highest BCUT2D eigenvalue weighted by atomic mass is 16.5. The van der Waals surface area contributed by atoms with E-state index < -0.39 is 11.9 Å². The molecule has 1 aliphatic carbocycles. The maximum absolute atomic E-state index is 12.2. The Morgan fingerprint density at radius 1 is 1.32 bits per heavy atom. The Hall–Kier alpha value is -2.04. The Bertz CT molecular complexity index is 486. The van der Waals surface area contributed by atoms with Gasteiger partial charge in [0.2, 0.25) is 0 Å². The summed E-state index contributed by atoms with van der Waals surface area (Å²) < 4.78 is 5.13. The predicted molar refractivity (Wildman–Crippen MR) is 69.2 cm³/mol. The average molecular weight is 263 g/mol. The van der Waals surface area contributed by atoms with Crippen molar-refractivity contribution in [3.05, 3.63) is 29.8 Å². The third-order valence-electron chi connectivity index (χ3n) is 3.50. The molecule has 1 saturated carbocycles. The van der Waals surface area contributed by atoms with Crippen molar-refractivity contribution in [3.8, 4) is 5.75 Å². The molecule has 0 spiro atoms. The van der Waals surface area contributed by atoms with Crippen LogP contribution in [0.25, 0.3) is 0 Å². The van der Waals surface area contributed by atoms with Crippen LogP contribution < -0.4 is 10.1 Å². The number of carboxylic acid groups (broad SMARTS) is 1. The van der Waals surface area contributed by atoms with Gasteiger partial charge < -0.3 is 15.2 Å². The number of nitrogens with one attached hydrogen (secondary N) is 1. The number of carbonyl (C=O) groups excluding carboxylic acids is 1. The average Bonchev–Trinajstić information content (AvgIpc) is 2.87. The van der Waals surface area contributed by atoms with E-state index in [4.69, 9.17) is 9.84 Å². The maximum atomic E-state index is 12.2. The number of rotatable bonds is 4. The Kier molecular flexibility index (Phi) is 4.04. The highest BCUT2D eigenvalue weighted by molar-refractivity contribution is 5.97. The van der Waals surface area contributed by atoms with Gasteiger partial charge in [0.15, 0.2) is 0 Å². The van der Waals surface area contributed by atoms with Gasteiger partial charge in [0.05, 0.1) is 18.6 Å². The number of para-hydroxylation sites is 1. The summed E-state index contributed by atoms with van der Waals surface area (Å²) in [5.74, 6) is -1.12. The molecule has 0 aromatic heterocycles. The van der Waals surface area contributed by atoms with Crippen LogP contribution in [-0.2, 0) is 4.79 Å². The number of ether oxygens (including phenoxy) is 1. The molecule has 1 aliphatic rings. The van der Waals surface area contributed by atoms with Gasteiger partial charge in [-0.25, -0.2) is 0 Å². The first-order valence-electron chi connectivity index (χ1n) is 6.30. The van der Waals surface area contributed by atoms with Crippen molar-refractivity contribution in [3.63, 3.8) is 0 Å². The van der Waals surface area contributed by atoms with E-state index >= 15 is 0 Å². The molecule has 5 nitrogen and oxygen atoms in total. The normalized spacial score (nSPS) is 21.9. The Morgan fingerprint density at radius 2 is 2.05 bits per heavy atom. The van der Waals surface area contributed by atoms with Crippen molar-refractivity contribution in [1.82, 2.24) is 5.32 Å². The van der Waals surface area contributed by atoms with E-state index in [0.29, 0.717) is 24.2 Å². The van der Waals surface area contributed by atoms with Gasteiger partial charge in [0.1, 0.15) is 5.75 Å². The van der Waals surface area contributed by atoms with Crippen molar-refractivity contribution in [2.45, 2.75) is 25.3 Å². The van der Waals surface area contributed by atoms with Crippen LogP contribution in [0.15, 0.2) is 24.3 Å². The standard InChI is InChI=1S/C14H17NO4/c1-19-12-8-3-2-5-10(12)13(16)15-11-7-4-6-9(11)14(17)18/h2-3,5,8-9,11H,4,6-7H2,1H3,(H,15,16)(H,17,18)/t9-,11+/m0/s1. The number of aliphatic carboxylic acids is 1. The molecule has 1 aromatic rings. The lowest BCUT2D eigenvalue weighted by atomic mass is 10.0. The van der Waals surface area contributed by atoms with Crippen LogP contribution in [0.5, 0.6) is 5.75 Å². The van der Waals surface area contributed by atoms with E-state index in [1.165, 1.54) is 7.11 Å². The zero-order chi connectivity index (χ0) is 13.8. The Labute approximate surface area is 111 Å². The molecule has 5 heteroatoms. The molecule has 2 N–H and O–H groups in total. The topological polar surface area (TPSA) is 75.6 Å². The van der Waals surface area contributed by atoms with Gasteiger partial charge in [-0.1, -0.05) is 18.6 Å². The lowest BCUT2D eigenvalue weighted by molar-refractivity contribution is -0.142. The second-order valence-corrected chi connectivity index (χ2v) is 4.66. The Morgan fingerprint density at radius 3 is 2.74 bits per heavy atom. The largest absolute Gasteiger partial charge is 0.496 e. The van der Waals surface area contributed by atoms with Crippen LogP contribution in [0.3, 0.4) is 0 Å². The van der Waals surface area contributed by atoms with Gasteiger partial charge in [-0.05, 0) is 25.0 Å². The molecule has 1 amide bonds. The van der Waals surface area contributed by atoms with Crippen LogP contribution >= 0.6 is 0 Å². The van der Waals surface area contributed by atoms with Gasteiger partial charge in [-0.2, -0.15) is 0 Å². The summed E-state index contributed by atoms with van der Waals surface area (Å²) in [6, 6.07) is 6.61. The molecule has 19 heavy (non-hydrogen) atoms.